The van der Waals surface area contributed by atoms with Crippen LogP contribution in [0.5, 0.6) is 11.5 Å². The lowest BCUT2D eigenvalue weighted by atomic mass is 10.0. The van der Waals surface area contributed by atoms with Gasteiger partial charge in [0.25, 0.3) is 0 Å². The van der Waals surface area contributed by atoms with E-state index < -0.39 is 0 Å². The predicted molar refractivity (Wildman–Crippen MR) is 107 cm³/mol. The molecule has 0 saturated heterocycles. The van der Waals surface area contributed by atoms with Gasteiger partial charge in [0.2, 0.25) is 5.91 Å². The molecule has 27 heavy (non-hydrogen) atoms. The van der Waals surface area contributed by atoms with Gasteiger partial charge in [-0.25, -0.2) is 0 Å². The molecule has 0 radical (unpaired) electrons. The summed E-state index contributed by atoms with van der Waals surface area (Å²) >= 11 is 0. The van der Waals surface area contributed by atoms with Gasteiger partial charge >= 0.3 is 0 Å². The SMILES string of the molecule is COc1cccc([C@@H](CC(=O)Nc2cccc(C)c2)n2cccc2)c1OC. The zero-order valence-corrected chi connectivity index (χ0v) is 15.8. The summed E-state index contributed by atoms with van der Waals surface area (Å²) in [4.78, 5) is 12.8. The number of nitrogens with one attached hydrogen (secondary N) is 1. The maximum absolute atomic E-state index is 12.8. The summed E-state index contributed by atoms with van der Waals surface area (Å²) < 4.78 is 13.0. The number of amides is 1. The number of hydrogen-bond acceptors (Lipinski definition) is 3. The molecule has 2 aromatic carbocycles. The van der Waals surface area contributed by atoms with Crippen LogP contribution in [0.25, 0.3) is 0 Å². The van der Waals surface area contributed by atoms with Crippen molar-refractivity contribution in [2.45, 2.75) is 19.4 Å². The molecule has 1 amide bonds. The highest BCUT2D eigenvalue weighted by atomic mass is 16.5. The van der Waals surface area contributed by atoms with E-state index in [2.05, 4.69) is 5.32 Å². The second-order valence-corrected chi connectivity index (χ2v) is 6.35. The Morgan fingerprint density at radius 2 is 1.78 bits per heavy atom. The summed E-state index contributed by atoms with van der Waals surface area (Å²) in [6, 6.07) is 17.2. The molecule has 0 spiro atoms. The second-order valence-electron chi connectivity index (χ2n) is 6.35. The number of carbonyl (C=O) groups is 1. The Hall–Kier alpha value is -3.21. The Balaban J connectivity index is 1.90. The molecule has 5 nitrogen and oxygen atoms in total. The number of nitrogens with zero attached hydrogens (tertiary/aromatic N) is 1. The summed E-state index contributed by atoms with van der Waals surface area (Å²) in [5.74, 6) is 1.22. The monoisotopic (exact) mass is 364 g/mol. The third-order valence-electron chi connectivity index (χ3n) is 4.46. The number of aromatic nitrogens is 1. The first kappa shape index (κ1) is 18.6. The number of aryl methyl sites for hydroxylation is 1. The van der Waals surface area contributed by atoms with Crippen molar-refractivity contribution in [3.8, 4) is 11.5 Å². The topological polar surface area (TPSA) is 52.5 Å². The summed E-state index contributed by atoms with van der Waals surface area (Å²) in [5.41, 5.74) is 2.79. The van der Waals surface area contributed by atoms with Gasteiger partial charge < -0.3 is 19.4 Å². The average molecular weight is 364 g/mol. The normalized spacial score (nSPS) is 11.7. The molecule has 1 N–H and O–H groups in total. The van der Waals surface area contributed by atoms with Crippen LogP contribution in [0.1, 0.15) is 23.6 Å². The number of hydrogen-bond donors (Lipinski definition) is 1. The molecule has 0 aliphatic heterocycles. The maximum atomic E-state index is 12.8. The highest BCUT2D eigenvalue weighted by molar-refractivity contribution is 5.91. The van der Waals surface area contributed by atoms with E-state index in [9.17, 15) is 4.79 Å². The molecule has 0 fully saturated rings. The largest absolute Gasteiger partial charge is 0.493 e. The van der Waals surface area contributed by atoms with Crippen LogP contribution in [0.4, 0.5) is 5.69 Å². The van der Waals surface area contributed by atoms with Crippen molar-refractivity contribution in [2.75, 3.05) is 19.5 Å². The Morgan fingerprint density at radius 1 is 1.04 bits per heavy atom. The predicted octanol–water partition coefficient (Wildman–Crippen LogP) is 4.43. The van der Waals surface area contributed by atoms with E-state index in [0.29, 0.717) is 11.5 Å². The molecule has 0 saturated carbocycles. The van der Waals surface area contributed by atoms with Crippen molar-refractivity contribution in [3.63, 3.8) is 0 Å². The van der Waals surface area contributed by atoms with E-state index in [4.69, 9.17) is 9.47 Å². The van der Waals surface area contributed by atoms with Crippen molar-refractivity contribution >= 4 is 11.6 Å². The fraction of sp³-hybridized carbons (Fsp3) is 0.227. The van der Waals surface area contributed by atoms with Gasteiger partial charge in [-0.05, 0) is 42.8 Å². The minimum atomic E-state index is -0.213. The zero-order chi connectivity index (χ0) is 19.2. The number of para-hydroxylation sites is 1. The van der Waals surface area contributed by atoms with Crippen LogP contribution >= 0.6 is 0 Å². The van der Waals surface area contributed by atoms with Gasteiger partial charge in [0.05, 0.1) is 26.7 Å². The Bertz CT molecular complexity index is 904. The van der Waals surface area contributed by atoms with Gasteiger partial charge in [0.1, 0.15) is 0 Å². The molecule has 0 unspecified atom stereocenters. The van der Waals surface area contributed by atoms with E-state index in [1.807, 2.05) is 78.5 Å². The van der Waals surface area contributed by atoms with Crippen molar-refractivity contribution < 1.29 is 14.3 Å². The summed E-state index contributed by atoms with van der Waals surface area (Å²) in [7, 11) is 3.22. The molecule has 0 bridgehead atoms. The highest BCUT2D eigenvalue weighted by Crippen LogP contribution is 2.37. The zero-order valence-electron chi connectivity index (χ0n) is 15.8. The molecule has 3 rings (SSSR count). The molecule has 140 valence electrons. The van der Waals surface area contributed by atoms with Crippen LogP contribution < -0.4 is 14.8 Å². The molecule has 0 aliphatic rings. The standard InChI is InChI=1S/C22H24N2O3/c1-16-8-6-9-17(14-16)23-21(25)15-19(24-12-4-5-13-24)18-10-7-11-20(26-2)22(18)27-3/h4-14,19H,15H2,1-3H3,(H,23,25)/t19-/m1/s1. The average Bonchev–Trinajstić information content (AvgIpc) is 3.20. The van der Waals surface area contributed by atoms with Crippen molar-refractivity contribution in [1.82, 2.24) is 4.57 Å². The summed E-state index contributed by atoms with van der Waals surface area (Å²) in [6.07, 6.45) is 4.17. The first-order valence-corrected chi connectivity index (χ1v) is 8.82. The molecule has 1 atom stereocenters. The number of rotatable bonds is 7. The number of anilines is 1. The van der Waals surface area contributed by atoms with Crippen LogP contribution in [0.2, 0.25) is 0 Å². The van der Waals surface area contributed by atoms with E-state index >= 15 is 0 Å². The molecule has 5 heteroatoms. The van der Waals surface area contributed by atoms with Crippen LogP contribution in [0.15, 0.2) is 67.0 Å². The van der Waals surface area contributed by atoms with Crippen molar-refractivity contribution in [1.29, 1.82) is 0 Å². The number of methoxy groups -OCH3 is 2. The van der Waals surface area contributed by atoms with Crippen molar-refractivity contribution in [2.24, 2.45) is 0 Å². The van der Waals surface area contributed by atoms with Crippen LogP contribution in [-0.2, 0) is 4.79 Å². The first-order valence-electron chi connectivity index (χ1n) is 8.82. The van der Waals surface area contributed by atoms with E-state index in [1.165, 1.54) is 0 Å². The lowest BCUT2D eigenvalue weighted by molar-refractivity contribution is -0.116. The van der Waals surface area contributed by atoms with E-state index in [-0.39, 0.29) is 18.4 Å². The number of carbonyl (C=O) groups excluding carboxylic acids is 1. The minimum absolute atomic E-state index is 0.0656. The fourth-order valence-electron chi connectivity index (χ4n) is 3.22. The lowest BCUT2D eigenvalue weighted by Crippen LogP contribution is -2.20. The second kappa shape index (κ2) is 8.45. The Labute approximate surface area is 159 Å². The van der Waals surface area contributed by atoms with Gasteiger partial charge in [-0.15, -0.1) is 0 Å². The third kappa shape index (κ3) is 4.31. The third-order valence-corrected chi connectivity index (χ3v) is 4.46. The van der Waals surface area contributed by atoms with Crippen LogP contribution in [-0.4, -0.2) is 24.7 Å². The Kier molecular flexibility index (Phi) is 5.81. The van der Waals surface area contributed by atoms with Gasteiger partial charge in [0, 0.05) is 23.6 Å². The summed E-state index contributed by atoms with van der Waals surface area (Å²) in [6.45, 7) is 2.00. The molecule has 1 aromatic heterocycles. The van der Waals surface area contributed by atoms with Gasteiger partial charge in [0.15, 0.2) is 11.5 Å². The highest BCUT2D eigenvalue weighted by Gasteiger charge is 2.23. The maximum Gasteiger partial charge on any atom is 0.226 e. The van der Waals surface area contributed by atoms with Gasteiger partial charge in [-0.2, -0.15) is 0 Å². The van der Waals surface area contributed by atoms with Gasteiger partial charge in [-0.1, -0.05) is 24.3 Å². The molecule has 3 aromatic rings. The van der Waals surface area contributed by atoms with Crippen molar-refractivity contribution in [3.05, 3.63) is 78.1 Å². The minimum Gasteiger partial charge on any atom is -0.493 e. The van der Waals surface area contributed by atoms with E-state index in [1.54, 1.807) is 14.2 Å². The van der Waals surface area contributed by atoms with Gasteiger partial charge in [-0.3, -0.25) is 4.79 Å². The molecule has 1 heterocycles. The lowest BCUT2D eigenvalue weighted by Gasteiger charge is -2.22. The smallest absolute Gasteiger partial charge is 0.226 e. The quantitative estimate of drug-likeness (QED) is 0.675. The van der Waals surface area contributed by atoms with E-state index in [0.717, 1.165) is 16.8 Å². The number of benzene rings is 2. The summed E-state index contributed by atoms with van der Waals surface area (Å²) in [5, 5.41) is 2.99. The molecular formula is C22H24N2O3. The molecular weight excluding hydrogens is 340 g/mol. The Morgan fingerprint density at radius 3 is 2.44 bits per heavy atom. The molecule has 0 aliphatic carbocycles. The fourth-order valence-corrected chi connectivity index (χ4v) is 3.22. The van der Waals surface area contributed by atoms with Crippen LogP contribution in [0.3, 0.4) is 0 Å². The first-order chi connectivity index (χ1) is 13.1. The number of ether oxygens (including phenoxy) is 2. The van der Waals surface area contributed by atoms with Crippen LogP contribution in [0, 0.1) is 6.92 Å².